The lowest BCUT2D eigenvalue weighted by Crippen LogP contribution is -2.41. The third-order valence-electron chi connectivity index (χ3n) is 7.09. The Bertz CT molecular complexity index is 1080. The van der Waals surface area contributed by atoms with Crippen LogP contribution < -0.4 is 21.5 Å². The Balaban J connectivity index is 1.68. The van der Waals surface area contributed by atoms with Crippen LogP contribution in [0.5, 0.6) is 0 Å². The van der Waals surface area contributed by atoms with Crippen LogP contribution in [0, 0.1) is 6.92 Å². The molecule has 2 aliphatic rings. The molecule has 33 heavy (non-hydrogen) atoms. The second kappa shape index (κ2) is 10.4. The quantitative estimate of drug-likeness (QED) is 0.624. The topological polar surface area (TPSA) is 91.2 Å². The van der Waals surface area contributed by atoms with Gasteiger partial charge in [-0.15, -0.1) is 0 Å². The molecule has 1 aliphatic carbocycles. The average molecular weight is 449 g/mol. The predicted octanol–water partition coefficient (Wildman–Crippen LogP) is 3.75. The van der Waals surface area contributed by atoms with Crippen LogP contribution in [0.25, 0.3) is 0 Å². The van der Waals surface area contributed by atoms with E-state index in [9.17, 15) is 9.59 Å². The van der Waals surface area contributed by atoms with Crippen molar-refractivity contribution < 1.29 is 4.79 Å². The van der Waals surface area contributed by atoms with E-state index in [0.29, 0.717) is 29.6 Å². The molecule has 6 nitrogen and oxygen atoms in total. The van der Waals surface area contributed by atoms with Crippen LogP contribution in [0.1, 0.15) is 71.8 Å². The summed E-state index contributed by atoms with van der Waals surface area (Å²) in [6, 6.07) is 8.79. The van der Waals surface area contributed by atoms with Crippen molar-refractivity contribution in [1.82, 2.24) is 10.3 Å². The minimum Gasteiger partial charge on any atom is -0.369 e. The van der Waals surface area contributed by atoms with E-state index in [-0.39, 0.29) is 18.0 Å². The van der Waals surface area contributed by atoms with Crippen LogP contribution >= 0.6 is 0 Å². The second-order valence-corrected chi connectivity index (χ2v) is 9.34. The fraction of sp³-hybridized carbons (Fsp3) is 0.481. The maximum atomic E-state index is 13.3. The smallest absolute Gasteiger partial charge is 0.253 e. The lowest BCUT2D eigenvalue weighted by atomic mass is 9.89. The van der Waals surface area contributed by atoms with E-state index in [0.717, 1.165) is 67.6 Å². The molecule has 0 bridgehead atoms. The number of rotatable bonds is 3. The van der Waals surface area contributed by atoms with Gasteiger partial charge in [-0.05, 0) is 88.1 Å². The number of anilines is 1. The van der Waals surface area contributed by atoms with E-state index in [1.165, 1.54) is 0 Å². The molecule has 0 unspecified atom stereocenters. The van der Waals surface area contributed by atoms with Crippen LogP contribution in [-0.4, -0.2) is 29.5 Å². The summed E-state index contributed by atoms with van der Waals surface area (Å²) in [6.45, 7) is 5.20. The minimum absolute atomic E-state index is 0.118. The number of carbonyl (C=O) groups excluding carboxylic acids is 1. The van der Waals surface area contributed by atoms with Crippen molar-refractivity contribution in [3.8, 4) is 0 Å². The van der Waals surface area contributed by atoms with Crippen molar-refractivity contribution in [2.75, 3.05) is 11.4 Å². The number of H-pyrrole nitrogens is 1. The molecule has 1 aromatic heterocycles. The largest absolute Gasteiger partial charge is 0.369 e. The van der Waals surface area contributed by atoms with Crippen LogP contribution in [0.2, 0.25) is 0 Å². The van der Waals surface area contributed by atoms with Gasteiger partial charge in [0.25, 0.3) is 11.5 Å². The number of benzene rings is 1. The summed E-state index contributed by atoms with van der Waals surface area (Å²) in [4.78, 5) is 31.2. The Labute approximate surface area is 196 Å². The van der Waals surface area contributed by atoms with Gasteiger partial charge in [-0.25, -0.2) is 0 Å². The van der Waals surface area contributed by atoms with E-state index >= 15 is 0 Å². The molecular weight excluding hydrogens is 412 g/mol. The number of aryl methyl sites for hydroxylation is 2. The van der Waals surface area contributed by atoms with Gasteiger partial charge in [0, 0.05) is 47.7 Å². The number of allylic oxidation sites excluding steroid dienone is 2. The number of fused-ring (bicyclic) bond motifs is 2. The zero-order valence-electron chi connectivity index (χ0n) is 19.8. The first kappa shape index (κ1) is 23.3. The zero-order valence-corrected chi connectivity index (χ0v) is 19.8. The maximum absolute atomic E-state index is 13.3. The van der Waals surface area contributed by atoms with Crippen molar-refractivity contribution in [2.45, 2.75) is 77.4 Å². The Morgan fingerprint density at radius 2 is 1.88 bits per heavy atom. The lowest BCUT2D eigenvalue weighted by molar-refractivity contribution is 0.0950. The van der Waals surface area contributed by atoms with Gasteiger partial charge >= 0.3 is 0 Å². The Morgan fingerprint density at radius 1 is 1.09 bits per heavy atom. The van der Waals surface area contributed by atoms with Gasteiger partial charge in [-0.2, -0.15) is 0 Å². The SMILES string of the molecule is CCN(c1cccc2c1CC=CCCc1cc(C)[nH]c(=O)c1CNC2=O)[C@H]1CC[C@@H](N)CC1. The van der Waals surface area contributed by atoms with Gasteiger partial charge in [-0.3, -0.25) is 9.59 Å². The molecule has 1 amide bonds. The number of amides is 1. The molecule has 176 valence electrons. The fourth-order valence-electron chi connectivity index (χ4n) is 5.33. The minimum atomic E-state index is -0.131. The third-order valence-corrected chi connectivity index (χ3v) is 7.09. The summed E-state index contributed by atoms with van der Waals surface area (Å²) in [5.41, 5.74) is 11.4. The van der Waals surface area contributed by atoms with Crippen molar-refractivity contribution >= 4 is 11.6 Å². The van der Waals surface area contributed by atoms with E-state index in [1.807, 2.05) is 25.1 Å². The van der Waals surface area contributed by atoms with Crippen molar-refractivity contribution in [1.29, 1.82) is 0 Å². The number of nitrogens with zero attached hydrogens (tertiary/aromatic N) is 1. The molecule has 0 saturated heterocycles. The number of hydrogen-bond acceptors (Lipinski definition) is 4. The van der Waals surface area contributed by atoms with Crippen molar-refractivity contribution in [3.63, 3.8) is 0 Å². The van der Waals surface area contributed by atoms with Crippen LogP contribution in [0.4, 0.5) is 5.69 Å². The van der Waals surface area contributed by atoms with Crippen molar-refractivity contribution in [3.05, 3.63) is 74.7 Å². The molecule has 4 rings (SSSR count). The lowest BCUT2D eigenvalue weighted by Gasteiger charge is -2.38. The summed E-state index contributed by atoms with van der Waals surface area (Å²) < 4.78 is 0. The first-order valence-electron chi connectivity index (χ1n) is 12.3. The number of nitrogens with one attached hydrogen (secondary N) is 2. The summed E-state index contributed by atoms with van der Waals surface area (Å²) in [7, 11) is 0. The standard InChI is InChI=1S/C27H36N4O2/c1-3-31(21-14-12-20(28)13-15-21)25-11-7-10-23-22(25)9-6-4-5-8-19-16-18(2)30-27(33)24(19)17-29-26(23)32/h4,6-7,10-11,16,20-21H,3,5,8-9,12-15,17,28H2,1-2H3,(H,29,32)(H,30,33)/t20-,21+. The molecule has 0 atom stereocenters. The number of nitrogens with two attached hydrogens (primary N) is 1. The molecule has 0 radical (unpaired) electrons. The van der Waals surface area contributed by atoms with Crippen LogP contribution in [-0.2, 0) is 19.4 Å². The Hall–Kier alpha value is -2.86. The molecule has 1 saturated carbocycles. The number of aromatic nitrogens is 1. The highest BCUT2D eigenvalue weighted by Crippen LogP contribution is 2.32. The zero-order chi connectivity index (χ0) is 23.4. The predicted molar refractivity (Wildman–Crippen MR) is 134 cm³/mol. The van der Waals surface area contributed by atoms with Gasteiger partial charge in [0.1, 0.15) is 0 Å². The van der Waals surface area contributed by atoms with Gasteiger partial charge < -0.3 is 20.9 Å². The van der Waals surface area contributed by atoms with Gasteiger partial charge in [-0.1, -0.05) is 18.2 Å². The number of hydrogen-bond donors (Lipinski definition) is 3. The van der Waals surface area contributed by atoms with Crippen LogP contribution in [0.15, 0.2) is 41.2 Å². The van der Waals surface area contributed by atoms with E-state index in [1.54, 1.807) is 0 Å². The molecule has 2 aromatic rings. The van der Waals surface area contributed by atoms with Crippen molar-refractivity contribution in [2.24, 2.45) is 5.73 Å². The molecule has 1 aromatic carbocycles. The highest BCUT2D eigenvalue weighted by molar-refractivity contribution is 5.97. The molecule has 4 N–H and O–H groups in total. The number of carbonyl (C=O) groups is 1. The molecule has 0 spiro atoms. The summed E-state index contributed by atoms with van der Waals surface area (Å²) in [5, 5.41) is 3.02. The fourth-order valence-corrected chi connectivity index (χ4v) is 5.33. The number of pyridine rings is 1. The first-order valence-corrected chi connectivity index (χ1v) is 12.3. The first-order chi connectivity index (χ1) is 16.0. The average Bonchev–Trinajstić information content (AvgIpc) is 2.79. The normalized spacial score (nSPS) is 21.2. The van der Waals surface area contributed by atoms with E-state index in [2.05, 4.69) is 40.3 Å². The van der Waals surface area contributed by atoms with Crippen LogP contribution in [0.3, 0.4) is 0 Å². The highest BCUT2D eigenvalue weighted by Gasteiger charge is 2.26. The molecular formula is C27H36N4O2. The van der Waals surface area contributed by atoms with E-state index in [4.69, 9.17) is 5.73 Å². The van der Waals surface area contributed by atoms with Gasteiger partial charge in [0.05, 0.1) is 0 Å². The molecule has 1 aliphatic heterocycles. The maximum Gasteiger partial charge on any atom is 0.253 e. The van der Waals surface area contributed by atoms with Gasteiger partial charge in [0.2, 0.25) is 0 Å². The molecule has 1 fully saturated rings. The number of aromatic amines is 1. The summed E-state index contributed by atoms with van der Waals surface area (Å²) in [6.07, 6.45) is 11.0. The second-order valence-electron chi connectivity index (χ2n) is 9.34. The highest BCUT2D eigenvalue weighted by atomic mass is 16.1. The third kappa shape index (κ3) is 5.22. The molecule has 6 heteroatoms. The summed E-state index contributed by atoms with van der Waals surface area (Å²) in [5.74, 6) is -0.131. The Morgan fingerprint density at radius 3 is 2.64 bits per heavy atom. The Kier molecular flexibility index (Phi) is 7.33. The van der Waals surface area contributed by atoms with Gasteiger partial charge in [0.15, 0.2) is 0 Å². The van der Waals surface area contributed by atoms with E-state index < -0.39 is 0 Å². The summed E-state index contributed by atoms with van der Waals surface area (Å²) >= 11 is 0. The monoisotopic (exact) mass is 448 g/mol. The molecule has 2 heterocycles.